The van der Waals surface area contributed by atoms with Crippen molar-refractivity contribution in [3.8, 4) is 0 Å². The van der Waals surface area contributed by atoms with E-state index >= 15 is 0 Å². The second-order valence-corrected chi connectivity index (χ2v) is 4.62. The van der Waals surface area contributed by atoms with Crippen molar-refractivity contribution in [1.82, 2.24) is 4.57 Å². The lowest BCUT2D eigenvalue weighted by atomic mass is 10.2. The second kappa shape index (κ2) is 4.52. The van der Waals surface area contributed by atoms with Crippen LogP contribution in [0, 0.1) is 13.8 Å². The van der Waals surface area contributed by atoms with E-state index in [1.807, 2.05) is 36.6 Å². The fourth-order valence-electron chi connectivity index (χ4n) is 1.71. The summed E-state index contributed by atoms with van der Waals surface area (Å²) in [5, 5.41) is 1.46. The van der Waals surface area contributed by atoms with Gasteiger partial charge in [-0.1, -0.05) is 53.5 Å². The molecule has 0 radical (unpaired) electrons. The van der Waals surface area contributed by atoms with E-state index in [0.717, 1.165) is 21.4 Å². The van der Waals surface area contributed by atoms with Gasteiger partial charge in [-0.25, -0.2) is 0 Å². The molecule has 16 heavy (non-hydrogen) atoms. The molecule has 0 spiro atoms. The van der Waals surface area contributed by atoms with Gasteiger partial charge < -0.3 is 4.57 Å². The monoisotopic (exact) mass is 253 g/mol. The molecule has 0 saturated heterocycles. The minimum absolute atomic E-state index is 0.715. The standard InChI is InChI=1S/C13H13Cl2N/c1-9-10(2)13(15)16(12(9)14)8-11-6-4-3-5-7-11/h3-7H,8H2,1-2H3. The first-order valence-corrected chi connectivity index (χ1v) is 5.91. The van der Waals surface area contributed by atoms with Crippen molar-refractivity contribution in [2.24, 2.45) is 0 Å². The molecule has 0 aliphatic heterocycles. The van der Waals surface area contributed by atoms with E-state index in [1.165, 1.54) is 5.56 Å². The molecule has 0 amide bonds. The smallest absolute Gasteiger partial charge is 0.113 e. The predicted octanol–water partition coefficient (Wildman–Crippen LogP) is 4.46. The highest BCUT2D eigenvalue weighted by molar-refractivity contribution is 6.34. The van der Waals surface area contributed by atoms with Crippen molar-refractivity contribution >= 4 is 23.2 Å². The topological polar surface area (TPSA) is 4.93 Å². The normalized spacial score (nSPS) is 10.8. The number of hydrogen-bond donors (Lipinski definition) is 0. The zero-order chi connectivity index (χ0) is 11.7. The van der Waals surface area contributed by atoms with Gasteiger partial charge in [0.15, 0.2) is 0 Å². The van der Waals surface area contributed by atoms with E-state index in [0.29, 0.717) is 6.54 Å². The molecule has 3 heteroatoms. The summed E-state index contributed by atoms with van der Waals surface area (Å²) >= 11 is 12.5. The first kappa shape index (κ1) is 11.6. The highest BCUT2D eigenvalue weighted by atomic mass is 35.5. The summed E-state index contributed by atoms with van der Waals surface area (Å²) in [6.45, 7) is 4.70. The number of nitrogens with zero attached hydrogens (tertiary/aromatic N) is 1. The van der Waals surface area contributed by atoms with E-state index in [1.54, 1.807) is 0 Å². The molecular weight excluding hydrogens is 241 g/mol. The van der Waals surface area contributed by atoms with Gasteiger partial charge in [0.2, 0.25) is 0 Å². The molecule has 0 fully saturated rings. The van der Waals surface area contributed by atoms with Crippen LogP contribution in [0.3, 0.4) is 0 Å². The Balaban J connectivity index is 2.39. The Bertz CT molecular complexity index is 475. The molecule has 1 nitrogen and oxygen atoms in total. The molecule has 0 saturated carbocycles. The third-order valence-electron chi connectivity index (χ3n) is 2.84. The number of rotatable bonds is 2. The van der Waals surface area contributed by atoms with Crippen molar-refractivity contribution in [2.45, 2.75) is 20.4 Å². The molecule has 2 aromatic rings. The summed E-state index contributed by atoms with van der Waals surface area (Å²) < 4.78 is 1.93. The van der Waals surface area contributed by atoms with Crippen LogP contribution in [0.2, 0.25) is 10.3 Å². The van der Waals surface area contributed by atoms with Crippen LogP contribution in [-0.2, 0) is 6.54 Å². The summed E-state index contributed by atoms with van der Waals surface area (Å²) in [5.74, 6) is 0. The van der Waals surface area contributed by atoms with E-state index in [-0.39, 0.29) is 0 Å². The Labute approximate surface area is 106 Å². The first-order valence-electron chi connectivity index (χ1n) is 5.16. The number of aromatic nitrogens is 1. The minimum atomic E-state index is 0.715. The lowest BCUT2D eigenvalue weighted by molar-refractivity contribution is 0.805. The zero-order valence-corrected chi connectivity index (χ0v) is 10.8. The van der Waals surface area contributed by atoms with Crippen molar-refractivity contribution in [1.29, 1.82) is 0 Å². The van der Waals surface area contributed by atoms with Crippen LogP contribution in [0.15, 0.2) is 30.3 Å². The molecule has 0 aliphatic rings. The Morgan fingerprint density at radius 1 is 0.938 bits per heavy atom. The molecule has 1 heterocycles. The summed E-state index contributed by atoms with van der Waals surface area (Å²) in [7, 11) is 0. The quantitative estimate of drug-likeness (QED) is 0.745. The van der Waals surface area contributed by atoms with Gasteiger partial charge >= 0.3 is 0 Å². The average molecular weight is 254 g/mol. The van der Waals surface area contributed by atoms with Crippen molar-refractivity contribution in [2.75, 3.05) is 0 Å². The minimum Gasteiger partial charge on any atom is -0.318 e. The first-order chi connectivity index (χ1) is 7.61. The molecule has 84 valence electrons. The van der Waals surface area contributed by atoms with Crippen LogP contribution in [0.5, 0.6) is 0 Å². The van der Waals surface area contributed by atoms with E-state index in [9.17, 15) is 0 Å². The van der Waals surface area contributed by atoms with Crippen LogP contribution < -0.4 is 0 Å². The Morgan fingerprint density at radius 2 is 1.44 bits per heavy atom. The third-order valence-corrected chi connectivity index (χ3v) is 3.81. The summed E-state index contributed by atoms with van der Waals surface area (Å²) in [6.07, 6.45) is 0. The number of halogens is 2. The summed E-state index contributed by atoms with van der Waals surface area (Å²) in [6, 6.07) is 10.2. The Morgan fingerprint density at radius 3 is 1.94 bits per heavy atom. The highest BCUT2D eigenvalue weighted by Crippen LogP contribution is 2.30. The molecule has 2 rings (SSSR count). The van der Waals surface area contributed by atoms with Crippen molar-refractivity contribution in [3.63, 3.8) is 0 Å². The predicted molar refractivity (Wildman–Crippen MR) is 69.5 cm³/mol. The maximum Gasteiger partial charge on any atom is 0.113 e. The van der Waals surface area contributed by atoms with E-state index in [4.69, 9.17) is 23.2 Å². The second-order valence-electron chi connectivity index (χ2n) is 3.90. The fraction of sp³-hybridized carbons (Fsp3) is 0.231. The lowest BCUT2D eigenvalue weighted by Gasteiger charge is -2.07. The van der Waals surface area contributed by atoms with Crippen LogP contribution in [0.1, 0.15) is 16.7 Å². The molecule has 1 aromatic heterocycles. The maximum atomic E-state index is 6.25. The van der Waals surface area contributed by atoms with Gasteiger partial charge in [0.25, 0.3) is 0 Å². The Hall–Kier alpha value is -0.920. The third kappa shape index (κ3) is 1.98. The maximum absolute atomic E-state index is 6.25. The van der Waals surface area contributed by atoms with Crippen LogP contribution in [0.25, 0.3) is 0 Å². The molecule has 0 aliphatic carbocycles. The van der Waals surface area contributed by atoms with Crippen LogP contribution in [-0.4, -0.2) is 4.57 Å². The Kier molecular flexibility index (Phi) is 3.27. The van der Waals surface area contributed by atoms with Gasteiger partial charge in [0.05, 0.1) is 0 Å². The zero-order valence-electron chi connectivity index (χ0n) is 9.30. The molecular formula is C13H13Cl2N. The van der Waals surface area contributed by atoms with E-state index in [2.05, 4.69) is 12.1 Å². The molecule has 0 bridgehead atoms. The van der Waals surface area contributed by atoms with Gasteiger partial charge in [0.1, 0.15) is 10.3 Å². The van der Waals surface area contributed by atoms with E-state index < -0.39 is 0 Å². The summed E-state index contributed by atoms with van der Waals surface area (Å²) in [5.41, 5.74) is 3.31. The number of benzene rings is 1. The SMILES string of the molecule is Cc1c(C)c(Cl)n(Cc2ccccc2)c1Cl. The van der Waals surface area contributed by atoms with Gasteiger partial charge in [-0.2, -0.15) is 0 Å². The van der Waals surface area contributed by atoms with Crippen molar-refractivity contribution < 1.29 is 0 Å². The van der Waals surface area contributed by atoms with Gasteiger partial charge in [0, 0.05) is 6.54 Å². The van der Waals surface area contributed by atoms with Gasteiger partial charge in [-0.15, -0.1) is 0 Å². The fourth-order valence-corrected chi connectivity index (χ4v) is 2.32. The molecule has 0 unspecified atom stereocenters. The molecule has 0 N–H and O–H groups in total. The average Bonchev–Trinajstić information content (AvgIpc) is 2.48. The van der Waals surface area contributed by atoms with Gasteiger partial charge in [-0.05, 0) is 30.5 Å². The van der Waals surface area contributed by atoms with Gasteiger partial charge in [-0.3, -0.25) is 0 Å². The summed E-state index contributed by atoms with van der Waals surface area (Å²) in [4.78, 5) is 0. The molecule has 0 atom stereocenters. The van der Waals surface area contributed by atoms with Crippen molar-refractivity contribution in [3.05, 3.63) is 57.3 Å². The lowest BCUT2D eigenvalue weighted by Crippen LogP contribution is -1.99. The highest BCUT2D eigenvalue weighted by Gasteiger charge is 2.14. The van der Waals surface area contributed by atoms with Crippen LogP contribution in [0.4, 0.5) is 0 Å². The number of hydrogen-bond acceptors (Lipinski definition) is 0. The largest absolute Gasteiger partial charge is 0.318 e. The molecule has 1 aromatic carbocycles. The van der Waals surface area contributed by atoms with Crippen LogP contribution >= 0.6 is 23.2 Å².